The minimum atomic E-state index is -4.67. The van der Waals surface area contributed by atoms with Crippen molar-refractivity contribution >= 4 is 28.1 Å². The van der Waals surface area contributed by atoms with Gasteiger partial charge < -0.3 is 5.73 Å². The van der Waals surface area contributed by atoms with Gasteiger partial charge in [-0.05, 0) is 12.1 Å². The molecule has 120 valence electrons. The molecule has 21 heavy (non-hydrogen) atoms. The van der Waals surface area contributed by atoms with Gasteiger partial charge in [0, 0.05) is 0 Å². The molecule has 1 aromatic rings. The molecule has 0 unspecified atom stereocenters. The van der Waals surface area contributed by atoms with Crippen molar-refractivity contribution in [2.24, 2.45) is 5.73 Å². The van der Waals surface area contributed by atoms with Crippen molar-refractivity contribution in [3.63, 3.8) is 0 Å². The topological polar surface area (TPSA) is 115 Å². The third-order valence-corrected chi connectivity index (χ3v) is 3.67. The number of halogens is 4. The van der Waals surface area contributed by atoms with Crippen LogP contribution in [0.15, 0.2) is 23.1 Å². The van der Waals surface area contributed by atoms with E-state index >= 15 is 0 Å². The number of rotatable bonds is 6. The van der Waals surface area contributed by atoms with E-state index in [4.69, 9.17) is 5.73 Å². The molecule has 0 saturated heterocycles. The lowest BCUT2D eigenvalue weighted by Crippen LogP contribution is -2.41. The Kier molecular flexibility index (Phi) is 6.54. The lowest BCUT2D eigenvalue weighted by Gasteiger charge is -2.14. The Labute approximate surface area is 123 Å². The molecule has 0 saturated carbocycles. The lowest BCUT2D eigenvalue weighted by molar-refractivity contribution is -0.390. The number of nitrogens with one attached hydrogen (secondary N) is 1. The Hall–Kier alpha value is -1.43. The highest BCUT2D eigenvalue weighted by Gasteiger charge is 2.33. The first-order valence-electron chi connectivity index (χ1n) is 5.11. The predicted molar refractivity (Wildman–Crippen MR) is 69.5 cm³/mol. The number of nitro benzene ring substituents is 1. The second kappa shape index (κ2) is 7.02. The predicted octanol–water partition coefficient (Wildman–Crippen LogP) is 1.03. The van der Waals surface area contributed by atoms with Crippen LogP contribution in [-0.4, -0.2) is 32.4 Å². The molecule has 0 amide bonds. The SMILES string of the molecule is Cl.NCC(F)(F)CNS(=O)(=O)c1cccc(F)c1[N+](=O)[O-]. The van der Waals surface area contributed by atoms with Crippen LogP contribution in [0.1, 0.15) is 0 Å². The van der Waals surface area contributed by atoms with Gasteiger partial charge in [0.1, 0.15) is 0 Å². The first-order chi connectivity index (χ1) is 9.10. The van der Waals surface area contributed by atoms with Gasteiger partial charge in [-0.3, -0.25) is 10.1 Å². The number of alkyl halides is 2. The first kappa shape index (κ1) is 19.6. The smallest absolute Gasteiger partial charge is 0.324 e. The lowest BCUT2D eigenvalue weighted by atomic mass is 10.3. The van der Waals surface area contributed by atoms with Crippen molar-refractivity contribution in [3.05, 3.63) is 34.1 Å². The molecule has 0 radical (unpaired) electrons. The number of nitrogens with zero attached hydrogens (tertiary/aromatic N) is 1. The summed E-state index contributed by atoms with van der Waals surface area (Å²) in [4.78, 5) is 8.37. The van der Waals surface area contributed by atoms with Crippen LogP contribution in [0.5, 0.6) is 0 Å². The molecule has 3 N–H and O–H groups in total. The molecular formula is C9H11ClF3N3O4S. The van der Waals surface area contributed by atoms with Gasteiger partial charge in [-0.25, -0.2) is 21.9 Å². The molecule has 0 atom stereocenters. The van der Waals surface area contributed by atoms with Crippen molar-refractivity contribution < 1.29 is 26.5 Å². The molecule has 1 aromatic carbocycles. The van der Waals surface area contributed by atoms with Crippen molar-refractivity contribution in [3.8, 4) is 0 Å². The van der Waals surface area contributed by atoms with E-state index in [1.807, 2.05) is 0 Å². The number of para-hydroxylation sites is 1. The third-order valence-electron chi connectivity index (χ3n) is 2.24. The summed E-state index contributed by atoms with van der Waals surface area (Å²) in [6, 6.07) is 2.34. The molecule has 0 heterocycles. The van der Waals surface area contributed by atoms with Gasteiger partial charge in [-0.15, -0.1) is 12.4 Å². The number of nitrogens with two attached hydrogens (primary N) is 1. The summed E-state index contributed by atoms with van der Waals surface area (Å²) in [5, 5.41) is 10.7. The van der Waals surface area contributed by atoms with E-state index in [1.165, 1.54) is 4.72 Å². The van der Waals surface area contributed by atoms with Crippen molar-refractivity contribution in [1.82, 2.24) is 4.72 Å². The van der Waals surface area contributed by atoms with Crippen LogP contribution in [-0.2, 0) is 10.0 Å². The summed E-state index contributed by atoms with van der Waals surface area (Å²) < 4.78 is 63.9. The van der Waals surface area contributed by atoms with Crippen LogP contribution in [0, 0.1) is 15.9 Å². The maximum absolute atomic E-state index is 13.3. The molecular weight excluding hydrogens is 339 g/mol. The van der Waals surface area contributed by atoms with Gasteiger partial charge in [0.15, 0.2) is 4.90 Å². The number of hydrogen-bond acceptors (Lipinski definition) is 5. The fourth-order valence-electron chi connectivity index (χ4n) is 1.24. The number of benzene rings is 1. The van der Waals surface area contributed by atoms with E-state index in [0.29, 0.717) is 6.07 Å². The van der Waals surface area contributed by atoms with Gasteiger partial charge in [0.05, 0.1) is 18.0 Å². The minimum absolute atomic E-state index is 0. The highest BCUT2D eigenvalue weighted by atomic mass is 35.5. The Morgan fingerprint density at radius 1 is 1.38 bits per heavy atom. The molecule has 12 heteroatoms. The van der Waals surface area contributed by atoms with Crippen LogP contribution in [0.2, 0.25) is 0 Å². The van der Waals surface area contributed by atoms with Crippen LogP contribution < -0.4 is 10.5 Å². The maximum atomic E-state index is 13.3. The average Bonchev–Trinajstić information content (AvgIpc) is 2.36. The third kappa shape index (κ3) is 4.81. The summed E-state index contributed by atoms with van der Waals surface area (Å²) >= 11 is 0. The highest BCUT2D eigenvalue weighted by molar-refractivity contribution is 7.89. The van der Waals surface area contributed by atoms with E-state index in [2.05, 4.69) is 0 Å². The van der Waals surface area contributed by atoms with E-state index in [-0.39, 0.29) is 12.4 Å². The zero-order valence-corrected chi connectivity index (χ0v) is 11.9. The summed E-state index contributed by atoms with van der Waals surface area (Å²) in [6.07, 6.45) is 0. The monoisotopic (exact) mass is 349 g/mol. The van der Waals surface area contributed by atoms with E-state index in [1.54, 1.807) is 0 Å². The largest absolute Gasteiger partial charge is 0.325 e. The van der Waals surface area contributed by atoms with Crippen LogP contribution in [0.3, 0.4) is 0 Å². The summed E-state index contributed by atoms with van der Waals surface area (Å²) in [5.41, 5.74) is 3.41. The number of hydrogen-bond donors (Lipinski definition) is 2. The Morgan fingerprint density at radius 2 is 1.95 bits per heavy atom. The second-order valence-corrected chi connectivity index (χ2v) is 5.46. The van der Waals surface area contributed by atoms with Gasteiger partial charge in [0.25, 0.3) is 5.92 Å². The zero-order chi connectivity index (χ0) is 15.6. The number of sulfonamides is 1. The zero-order valence-electron chi connectivity index (χ0n) is 10.3. The van der Waals surface area contributed by atoms with E-state index < -0.39 is 50.4 Å². The molecule has 0 spiro atoms. The molecule has 0 aliphatic heterocycles. The van der Waals surface area contributed by atoms with E-state index in [0.717, 1.165) is 12.1 Å². The normalized spacial score (nSPS) is 11.8. The fraction of sp³-hybridized carbons (Fsp3) is 0.333. The standard InChI is InChI=1S/C9H10F3N3O4S.ClH/c10-6-2-1-3-7(8(6)15(16)17)20(18,19)14-5-9(11,12)4-13;/h1-3,14H,4-5,13H2;1H. The Bertz CT molecular complexity index is 627. The molecule has 0 aliphatic rings. The molecule has 0 aliphatic carbocycles. The summed E-state index contributed by atoms with van der Waals surface area (Å²) in [6.45, 7) is -2.46. The van der Waals surface area contributed by atoms with Crippen LogP contribution in [0.25, 0.3) is 0 Å². The van der Waals surface area contributed by atoms with Gasteiger partial charge in [-0.1, -0.05) is 6.07 Å². The molecule has 0 bridgehead atoms. The molecule has 0 fully saturated rings. The Balaban J connectivity index is 0.00000400. The minimum Gasteiger partial charge on any atom is -0.325 e. The van der Waals surface area contributed by atoms with Crippen molar-refractivity contribution in [2.45, 2.75) is 10.8 Å². The highest BCUT2D eigenvalue weighted by Crippen LogP contribution is 2.26. The van der Waals surface area contributed by atoms with Gasteiger partial charge >= 0.3 is 5.69 Å². The second-order valence-electron chi connectivity index (χ2n) is 3.73. The fourth-order valence-corrected chi connectivity index (χ4v) is 2.48. The molecule has 7 nitrogen and oxygen atoms in total. The van der Waals surface area contributed by atoms with Crippen LogP contribution in [0.4, 0.5) is 18.9 Å². The molecule has 0 aromatic heterocycles. The molecule has 1 rings (SSSR count). The van der Waals surface area contributed by atoms with Crippen LogP contribution >= 0.6 is 12.4 Å². The van der Waals surface area contributed by atoms with Crippen molar-refractivity contribution in [2.75, 3.05) is 13.1 Å². The van der Waals surface area contributed by atoms with Gasteiger partial charge in [-0.2, -0.15) is 4.39 Å². The summed E-state index contributed by atoms with van der Waals surface area (Å²) in [7, 11) is -4.67. The average molecular weight is 350 g/mol. The van der Waals surface area contributed by atoms with E-state index in [9.17, 15) is 31.7 Å². The maximum Gasteiger partial charge on any atom is 0.324 e. The first-order valence-corrected chi connectivity index (χ1v) is 6.59. The van der Waals surface area contributed by atoms with Gasteiger partial charge in [0.2, 0.25) is 15.8 Å². The number of nitro groups is 1. The summed E-state index contributed by atoms with van der Waals surface area (Å²) in [5.74, 6) is -4.90. The van der Waals surface area contributed by atoms with Crippen molar-refractivity contribution in [1.29, 1.82) is 0 Å². The Morgan fingerprint density at radius 3 is 2.43 bits per heavy atom. The quantitative estimate of drug-likeness (QED) is 0.588.